The van der Waals surface area contributed by atoms with Crippen LogP contribution in [0.1, 0.15) is 28.4 Å². The van der Waals surface area contributed by atoms with Crippen molar-refractivity contribution in [3.63, 3.8) is 0 Å². The normalized spacial score (nSPS) is 19.1. The van der Waals surface area contributed by atoms with Gasteiger partial charge in [-0.2, -0.15) is 0 Å². The van der Waals surface area contributed by atoms with Crippen LogP contribution in [-0.4, -0.2) is 32.5 Å². The van der Waals surface area contributed by atoms with E-state index in [0.717, 1.165) is 6.26 Å². The van der Waals surface area contributed by atoms with Crippen LogP contribution in [0.5, 0.6) is 0 Å². The molecule has 1 aliphatic heterocycles. The lowest BCUT2D eigenvalue weighted by atomic mass is 9.92. The Morgan fingerprint density at radius 2 is 1.82 bits per heavy atom. The highest BCUT2D eigenvalue weighted by Gasteiger charge is 2.43. The number of carbonyl (C=O) groups excluding carboxylic acids is 3. The van der Waals surface area contributed by atoms with E-state index in [4.69, 9.17) is 0 Å². The predicted molar refractivity (Wildman–Crippen MR) is 103 cm³/mol. The van der Waals surface area contributed by atoms with Crippen molar-refractivity contribution in [2.24, 2.45) is 0 Å². The lowest BCUT2D eigenvalue weighted by Gasteiger charge is -2.21. The summed E-state index contributed by atoms with van der Waals surface area (Å²) in [5, 5.41) is 7.48. The summed E-state index contributed by atoms with van der Waals surface area (Å²) in [4.78, 5) is 36.1. The molecule has 3 N–H and O–H groups in total. The molecule has 4 amide bonds. The summed E-state index contributed by atoms with van der Waals surface area (Å²) in [6.45, 7) is 1.57. The maximum atomic E-state index is 12.6. The third-order valence-corrected chi connectivity index (χ3v) is 5.22. The van der Waals surface area contributed by atoms with Gasteiger partial charge < -0.3 is 10.6 Å². The van der Waals surface area contributed by atoms with Gasteiger partial charge in [-0.15, -0.1) is 0 Å². The molecule has 1 saturated heterocycles. The number of hydrogen-bond acceptors (Lipinski definition) is 5. The molecule has 0 saturated carbocycles. The quantitative estimate of drug-likeness (QED) is 0.656. The van der Waals surface area contributed by atoms with Crippen molar-refractivity contribution in [3.05, 3.63) is 65.2 Å². The minimum absolute atomic E-state index is 0.156. The number of rotatable bonds is 5. The highest BCUT2D eigenvalue weighted by Crippen LogP contribution is 2.26. The standard InChI is InChI=1S/C19H19N3O5S/c1-19(17(24)21-18(25)22-19)14-7-4-8-15(10-14)20-16(23)13-6-3-5-12(9-13)11-28(2,26)27/h3-10H,11H2,1-2H3,(H,20,23)(H2,21,22,24,25)/t19-/m1/s1. The van der Waals surface area contributed by atoms with Crippen molar-refractivity contribution >= 4 is 33.4 Å². The average Bonchev–Trinajstić information content (AvgIpc) is 2.87. The Morgan fingerprint density at radius 1 is 1.11 bits per heavy atom. The van der Waals surface area contributed by atoms with Crippen LogP contribution < -0.4 is 16.0 Å². The van der Waals surface area contributed by atoms with Crippen LogP contribution in [0.3, 0.4) is 0 Å². The van der Waals surface area contributed by atoms with Crippen LogP contribution in [0.15, 0.2) is 48.5 Å². The molecule has 1 aliphatic rings. The summed E-state index contributed by atoms with van der Waals surface area (Å²) in [5.74, 6) is -1.05. The molecule has 9 heteroatoms. The molecular weight excluding hydrogens is 382 g/mol. The lowest BCUT2D eigenvalue weighted by Crippen LogP contribution is -2.40. The fraction of sp³-hybridized carbons (Fsp3) is 0.211. The summed E-state index contributed by atoms with van der Waals surface area (Å²) in [7, 11) is -3.21. The van der Waals surface area contributed by atoms with Gasteiger partial charge in [-0.3, -0.25) is 14.9 Å². The van der Waals surface area contributed by atoms with Crippen LogP contribution in [0.4, 0.5) is 10.5 Å². The Morgan fingerprint density at radius 3 is 2.46 bits per heavy atom. The predicted octanol–water partition coefficient (Wildman–Crippen LogP) is 1.54. The Bertz CT molecular complexity index is 1080. The second-order valence-electron chi connectivity index (χ2n) is 6.84. The van der Waals surface area contributed by atoms with E-state index in [-0.39, 0.29) is 5.75 Å². The Kier molecular flexibility index (Phi) is 4.95. The molecule has 1 fully saturated rings. The topological polar surface area (TPSA) is 121 Å². The number of sulfone groups is 1. The largest absolute Gasteiger partial charge is 0.322 e. The molecule has 0 radical (unpaired) electrons. The minimum atomic E-state index is -3.21. The van der Waals surface area contributed by atoms with Gasteiger partial charge in [0, 0.05) is 17.5 Å². The zero-order chi connectivity index (χ0) is 20.5. The fourth-order valence-corrected chi connectivity index (χ4v) is 3.75. The number of hydrogen-bond donors (Lipinski definition) is 3. The van der Waals surface area contributed by atoms with Crippen LogP contribution >= 0.6 is 0 Å². The van der Waals surface area contributed by atoms with Crippen molar-refractivity contribution in [1.82, 2.24) is 10.6 Å². The Hall–Kier alpha value is -3.20. The molecule has 146 valence electrons. The third-order valence-electron chi connectivity index (χ3n) is 4.36. The molecule has 2 aromatic carbocycles. The van der Waals surface area contributed by atoms with E-state index in [1.807, 2.05) is 0 Å². The van der Waals surface area contributed by atoms with E-state index >= 15 is 0 Å². The fourth-order valence-electron chi connectivity index (χ4n) is 2.96. The first-order valence-electron chi connectivity index (χ1n) is 8.39. The lowest BCUT2D eigenvalue weighted by molar-refractivity contribution is -0.123. The number of amides is 4. The van der Waals surface area contributed by atoms with Crippen molar-refractivity contribution < 1.29 is 22.8 Å². The number of imide groups is 1. The molecule has 0 aliphatic carbocycles. The van der Waals surface area contributed by atoms with Crippen LogP contribution in [0.25, 0.3) is 0 Å². The number of anilines is 1. The Labute approximate surface area is 162 Å². The van der Waals surface area contributed by atoms with Crippen molar-refractivity contribution in [1.29, 1.82) is 0 Å². The van der Waals surface area contributed by atoms with E-state index in [2.05, 4.69) is 16.0 Å². The SMILES string of the molecule is C[C@]1(c2cccc(NC(=O)c3cccc(CS(C)(=O)=O)c3)c2)NC(=O)NC1=O. The number of carbonyl (C=O) groups is 3. The number of nitrogens with one attached hydrogen (secondary N) is 3. The van der Waals surface area contributed by atoms with Crippen LogP contribution in [0.2, 0.25) is 0 Å². The molecule has 0 spiro atoms. The van der Waals surface area contributed by atoms with Crippen molar-refractivity contribution in [2.45, 2.75) is 18.2 Å². The van der Waals surface area contributed by atoms with E-state index < -0.39 is 33.2 Å². The molecule has 28 heavy (non-hydrogen) atoms. The first kappa shape index (κ1) is 19.6. The maximum Gasteiger partial charge on any atom is 0.322 e. The molecule has 0 aromatic heterocycles. The number of benzene rings is 2. The van der Waals surface area contributed by atoms with Crippen LogP contribution in [-0.2, 0) is 25.9 Å². The summed E-state index contributed by atoms with van der Waals surface area (Å²) >= 11 is 0. The molecular formula is C19H19N3O5S. The van der Waals surface area contributed by atoms with Gasteiger partial charge in [-0.05, 0) is 42.3 Å². The number of urea groups is 1. The molecule has 1 atom stereocenters. The molecule has 1 heterocycles. The minimum Gasteiger partial charge on any atom is -0.322 e. The summed E-state index contributed by atoms with van der Waals surface area (Å²) in [5.41, 5.74) is 0.546. The van der Waals surface area contributed by atoms with Crippen LogP contribution in [0, 0.1) is 0 Å². The second kappa shape index (κ2) is 7.08. The van der Waals surface area contributed by atoms with E-state index in [0.29, 0.717) is 22.4 Å². The third kappa shape index (κ3) is 4.20. The van der Waals surface area contributed by atoms with E-state index in [1.54, 1.807) is 49.4 Å². The molecule has 3 rings (SSSR count). The molecule has 2 aromatic rings. The van der Waals surface area contributed by atoms with E-state index in [1.165, 1.54) is 6.07 Å². The second-order valence-corrected chi connectivity index (χ2v) is 8.98. The van der Waals surface area contributed by atoms with Crippen molar-refractivity contribution in [3.8, 4) is 0 Å². The summed E-state index contributed by atoms with van der Waals surface area (Å²) in [6.07, 6.45) is 1.13. The van der Waals surface area contributed by atoms with Gasteiger partial charge in [0.05, 0.1) is 5.75 Å². The van der Waals surface area contributed by atoms with Gasteiger partial charge in [0.15, 0.2) is 9.84 Å². The zero-order valence-electron chi connectivity index (χ0n) is 15.3. The van der Waals surface area contributed by atoms with Gasteiger partial charge >= 0.3 is 6.03 Å². The first-order chi connectivity index (χ1) is 13.1. The van der Waals surface area contributed by atoms with Gasteiger partial charge in [0.2, 0.25) is 0 Å². The molecule has 0 unspecified atom stereocenters. The zero-order valence-corrected chi connectivity index (χ0v) is 16.1. The van der Waals surface area contributed by atoms with Gasteiger partial charge in [0.1, 0.15) is 5.54 Å². The first-order valence-corrected chi connectivity index (χ1v) is 10.4. The summed E-state index contributed by atoms with van der Waals surface area (Å²) < 4.78 is 22.9. The highest BCUT2D eigenvalue weighted by atomic mass is 32.2. The molecule has 8 nitrogen and oxygen atoms in total. The van der Waals surface area contributed by atoms with Gasteiger partial charge in [0.25, 0.3) is 11.8 Å². The molecule has 0 bridgehead atoms. The van der Waals surface area contributed by atoms with Gasteiger partial charge in [-0.1, -0.05) is 24.3 Å². The van der Waals surface area contributed by atoms with E-state index in [9.17, 15) is 22.8 Å². The highest BCUT2D eigenvalue weighted by molar-refractivity contribution is 7.89. The monoisotopic (exact) mass is 401 g/mol. The van der Waals surface area contributed by atoms with Gasteiger partial charge in [-0.25, -0.2) is 13.2 Å². The maximum absolute atomic E-state index is 12.6. The smallest absolute Gasteiger partial charge is 0.322 e. The summed E-state index contributed by atoms with van der Waals surface area (Å²) in [6, 6.07) is 12.4. The Balaban J connectivity index is 1.81. The average molecular weight is 401 g/mol. The van der Waals surface area contributed by atoms with Crippen molar-refractivity contribution in [2.75, 3.05) is 11.6 Å².